The van der Waals surface area contributed by atoms with Crippen molar-refractivity contribution >= 4 is 18.3 Å². The first kappa shape index (κ1) is 20.5. The molecule has 0 saturated carbocycles. The smallest absolute Gasteiger partial charge is 0.228 e. The van der Waals surface area contributed by atoms with Gasteiger partial charge >= 0.3 is 0 Å². The Balaban J connectivity index is 0.00000288. The minimum absolute atomic E-state index is 0. The van der Waals surface area contributed by atoms with Gasteiger partial charge in [0.1, 0.15) is 0 Å². The first-order valence-corrected chi connectivity index (χ1v) is 7.84. The highest BCUT2D eigenvalue weighted by atomic mass is 35.5. The number of ether oxygens (including phenoxy) is 3. The molecule has 1 heterocycles. The zero-order chi connectivity index (χ0) is 16.7. The van der Waals surface area contributed by atoms with Crippen LogP contribution in [0.1, 0.15) is 18.4 Å². The van der Waals surface area contributed by atoms with Gasteiger partial charge in [-0.3, -0.25) is 4.79 Å². The molecule has 7 heteroatoms. The molecule has 1 aromatic rings. The molecular weight excluding hydrogens is 332 g/mol. The third kappa shape index (κ3) is 4.75. The number of carbonyl (C=O) groups excluding carboxylic acids is 1. The van der Waals surface area contributed by atoms with Crippen LogP contribution in [0.3, 0.4) is 0 Å². The first-order chi connectivity index (χ1) is 11.1. The van der Waals surface area contributed by atoms with Gasteiger partial charge in [-0.1, -0.05) is 6.07 Å². The van der Waals surface area contributed by atoms with Crippen molar-refractivity contribution in [3.8, 4) is 11.5 Å². The molecule has 1 aliphatic heterocycles. The largest absolute Gasteiger partial charge is 0.493 e. The molecule has 24 heavy (non-hydrogen) atoms. The number of hydrogen-bond donors (Lipinski definition) is 2. The van der Waals surface area contributed by atoms with Gasteiger partial charge in [-0.05, 0) is 43.6 Å². The number of benzene rings is 1. The van der Waals surface area contributed by atoms with E-state index in [0.29, 0.717) is 24.7 Å². The number of methoxy groups -OCH3 is 3. The summed E-state index contributed by atoms with van der Waals surface area (Å²) in [6, 6.07) is 5.65. The van der Waals surface area contributed by atoms with E-state index in [9.17, 15) is 4.79 Å². The minimum atomic E-state index is -0.434. The second kappa shape index (κ2) is 9.71. The lowest BCUT2D eigenvalue weighted by molar-refractivity contribution is -0.136. The standard InChI is InChI=1S/C17H26N2O4.ClH/c1-21-12-17(6-8-18-9-7-17)16(20)19-11-13-4-5-14(22-2)15(10-13)23-3;/h4-5,10,18H,6-9,11-12H2,1-3H3,(H,19,20);1H. The number of rotatable bonds is 7. The van der Waals surface area contributed by atoms with Crippen molar-refractivity contribution < 1.29 is 19.0 Å². The van der Waals surface area contributed by atoms with Gasteiger partial charge in [-0.15, -0.1) is 12.4 Å². The molecule has 0 radical (unpaired) electrons. The fraction of sp³-hybridized carbons (Fsp3) is 0.588. The van der Waals surface area contributed by atoms with E-state index in [2.05, 4.69) is 10.6 Å². The number of amides is 1. The van der Waals surface area contributed by atoms with Gasteiger partial charge in [0.15, 0.2) is 11.5 Å². The monoisotopic (exact) mass is 358 g/mol. The number of hydrogen-bond acceptors (Lipinski definition) is 5. The predicted molar refractivity (Wildman–Crippen MR) is 95.1 cm³/mol. The van der Waals surface area contributed by atoms with E-state index < -0.39 is 5.41 Å². The second-order valence-corrected chi connectivity index (χ2v) is 5.84. The Morgan fingerprint density at radius 3 is 2.42 bits per heavy atom. The second-order valence-electron chi connectivity index (χ2n) is 5.84. The number of nitrogens with one attached hydrogen (secondary N) is 2. The highest BCUT2D eigenvalue weighted by Gasteiger charge is 2.39. The summed E-state index contributed by atoms with van der Waals surface area (Å²) < 4.78 is 15.8. The molecule has 1 aromatic carbocycles. The van der Waals surface area contributed by atoms with Crippen molar-refractivity contribution in [1.82, 2.24) is 10.6 Å². The first-order valence-electron chi connectivity index (χ1n) is 7.84. The molecule has 2 rings (SSSR count). The van der Waals surface area contributed by atoms with E-state index in [1.807, 2.05) is 18.2 Å². The van der Waals surface area contributed by atoms with Crippen LogP contribution >= 0.6 is 12.4 Å². The normalized spacial score (nSPS) is 16.0. The summed E-state index contributed by atoms with van der Waals surface area (Å²) in [4.78, 5) is 12.7. The SMILES string of the molecule is COCC1(C(=O)NCc2ccc(OC)c(OC)c2)CCNCC1.Cl. The molecule has 1 fully saturated rings. The van der Waals surface area contributed by atoms with Gasteiger partial charge in [0.2, 0.25) is 5.91 Å². The maximum absolute atomic E-state index is 12.7. The molecule has 0 aliphatic carbocycles. The lowest BCUT2D eigenvalue weighted by Gasteiger charge is -2.35. The molecule has 6 nitrogen and oxygen atoms in total. The summed E-state index contributed by atoms with van der Waals surface area (Å²) in [6.45, 7) is 2.59. The van der Waals surface area contributed by atoms with Gasteiger partial charge in [0.25, 0.3) is 0 Å². The lowest BCUT2D eigenvalue weighted by atomic mass is 9.78. The van der Waals surface area contributed by atoms with Crippen molar-refractivity contribution in [3.05, 3.63) is 23.8 Å². The van der Waals surface area contributed by atoms with Crippen molar-refractivity contribution in [2.75, 3.05) is 41.0 Å². The van der Waals surface area contributed by atoms with Gasteiger partial charge < -0.3 is 24.8 Å². The van der Waals surface area contributed by atoms with E-state index >= 15 is 0 Å². The lowest BCUT2D eigenvalue weighted by Crippen LogP contribution is -2.49. The van der Waals surface area contributed by atoms with Crippen molar-refractivity contribution in [1.29, 1.82) is 0 Å². The van der Waals surface area contributed by atoms with Crippen LogP contribution < -0.4 is 20.1 Å². The van der Waals surface area contributed by atoms with E-state index in [1.54, 1.807) is 21.3 Å². The molecular formula is C17H27ClN2O4. The summed E-state index contributed by atoms with van der Waals surface area (Å²) in [7, 11) is 4.85. The zero-order valence-electron chi connectivity index (χ0n) is 14.5. The number of halogens is 1. The van der Waals surface area contributed by atoms with Crippen LogP contribution in [0.15, 0.2) is 18.2 Å². The molecule has 0 aromatic heterocycles. The fourth-order valence-corrected chi connectivity index (χ4v) is 2.98. The molecule has 0 bridgehead atoms. The van der Waals surface area contributed by atoms with Crippen LogP contribution in [0.4, 0.5) is 0 Å². The van der Waals surface area contributed by atoms with Gasteiger partial charge in [0.05, 0.1) is 26.2 Å². The molecule has 136 valence electrons. The van der Waals surface area contributed by atoms with Crippen LogP contribution in [0, 0.1) is 5.41 Å². The molecule has 1 aliphatic rings. The van der Waals surface area contributed by atoms with Crippen LogP contribution in [-0.2, 0) is 16.1 Å². The maximum atomic E-state index is 12.7. The minimum Gasteiger partial charge on any atom is -0.493 e. The Bertz CT molecular complexity index is 528. The number of carbonyl (C=O) groups is 1. The van der Waals surface area contributed by atoms with Gasteiger partial charge in [-0.2, -0.15) is 0 Å². The summed E-state index contributed by atoms with van der Waals surface area (Å²) in [5.74, 6) is 1.39. The Hall–Kier alpha value is -1.50. The van der Waals surface area contributed by atoms with Crippen LogP contribution in [-0.4, -0.2) is 46.9 Å². The quantitative estimate of drug-likeness (QED) is 0.777. The van der Waals surface area contributed by atoms with E-state index in [-0.39, 0.29) is 18.3 Å². The molecule has 0 atom stereocenters. The van der Waals surface area contributed by atoms with Crippen molar-refractivity contribution in [2.45, 2.75) is 19.4 Å². The van der Waals surface area contributed by atoms with Crippen molar-refractivity contribution in [2.24, 2.45) is 5.41 Å². The molecule has 1 amide bonds. The highest BCUT2D eigenvalue weighted by Crippen LogP contribution is 2.30. The Kier molecular flexibility index (Phi) is 8.31. The fourth-order valence-electron chi connectivity index (χ4n) is 2.98. The van der Waals surface area contributed by atoms with Crippen molar-refractivity contribution in [3.63, 3.8) is 0 Å². The van der Waals surface area contributed by atoms with E-state index in [0.717, 1.165) is 31.5 Å². The highest BCUT2D eigenvalue weighted by molar-refractivity contribution is 5.85. The molecule has 0 spiro atoms. The predicted octanol–water partition coefficient (Wildman–Crippen LogP) is 1.76. The van der Waals surface area contributed by atoms with E-state index in [1.165, 1.54) is 0 Å². The Morgan fingerprint density at radius 1 is 1.17 bits per heavy atom. The van der Waals surface area contributed by atoms with Crippen LogP contribution in [0.2, 0.25) is 0 Å². The molecule has 2 N–H and O–H groups in total. The van der Waals surface area contributed by atoms with Gasteiger partial charge in [0, 0.05) is 13.7 Å². The molecule has 1 saturated heterocycles. The summed E-state index contributed by atoms with van der Waals surface area (Å²) in [6.07, 6.45) is 1.58. The Morgan fingerprint density at radius 2 is 1.83 bits per heavy atom. The topological polar surface area (TPSA) is 68.8 Å². The summed E-state index contributed by atoms with van der Waals surface area (Å²) in [5.41, 5.74) is 0.536. The van der Waals surface area contributed by atoms with Gasteiger partial charge in [-0.25, -0.2) is 0 Å². The summed E-state index contributed by atoms with van der Waals surface area (Å²) >= 11 is 0. The molecule has 0 unspecified atom stereocenters. The summed E-state index contributed by atoms with van der Waals surface area (Å²) in [5, 5.41) is 6.33. The van der Waals surface area contributed by atoms with Crippen LogP contribution in [0.25, 0.3) is 0 Å². The van der Waals surface area contributed by atoms with E-state index in [4.69, 9.17) is 14.2 Å². The third-order valence-corrected chi connectivity index (χ3v) is 4.36. The number of piperidine rings is 1. The Labute approximate surface area is 149 Å². The zero-order valence-corrected chi connectivity index (χ0v) is 15.3. The maximum Gasteiger partial charge on any atom is 0.228 e. The van der Waals surface area contributed by atoms with Crippen LogP contribution in [0.5, 0.6) is 11.5 Å². The average molecular weight is 359 g/mol. The third-order valence-electron chi connectivity index (χ3n) is 4.36. The average Bonchev–Trinajstić information content (AvgIpc) is 2.60.